The first-order valence-corrected chi connectivity index (χ1v) is 11.4. The molecule has 3 fully saturated rings. The van der Waals surface area contributed by atoms with Gasteiger partial charge in [-0.1, -0.05) is 58.3 Å². The van der Waals surface area contributed by atoms with E-state index in [-0.39, 0.29) is 0 Å². The number of hydrogen-bond donors (Lipinski definition) is 0. The fourth-order valence-electron chi connectivity index (χ4n) is 6.31. The summed E-state index contributed by atoms with van der Waals surface area (Å²) < 4.78 is 0. The smallest absolute Gasteiger partial charge is 0.0338 e. The molecule has 0 nitrogen and oxygen atoms in total. The summed E-state index contributed by atoms with van der Waals surface area (Å²) in [5.74, 6) is 5.28. The Kier molecular flexibility index (Phi) is 7.17. The lowest BCUT2D eigenvalue weighted by atomic mass is 9.56. The second-order valence-corrected chi connectivity index (χ2v) is 9.69. The van der Waals surface area contributed by atoms with Crippen molar-refractivity contribution in [2.45, 2.75) is 109 Å². The van der Waals surface area contributed by atoms with E-state index in [1.54, 1.807) is 19.3 Å². The van der Waals surface area contributed by atoms with E-state index in [4.69, 9.17) is 11.6 Å². The van der Waals surface area contributed by atoms with Crippen LogP contribution in [0.3, 0.4) is 0 Å². The maximum absolute atomic E-state index is 6.44. The van der Waals surface area contributed by atoms with Crippen LogP contribution < -0.4 is 0 Å². The molecule has 0 bridgehead atoms. The Hall–Kier alpha value is 0.290. The molecule has 6 unspecified atom stereocenters. The number of unbranched alkanes of at least 4 members (excludes halogenated alkanes) is 5. The fourth-order valence-corrected chi connectivity index (χ4v) is 6.66. The van der Waals surface area contributed by atoms with Crippen LogP contribution in [0.15, 0.2) is 0 Å². The molecule has 0 spiro atoms. The summed E-state index contributed by atoms with van der Waals surface area (Å²) in [6.07, 6.45) is 22.1. The van der Waals surface area contributed by atoms with Crippen molar-refractivity contribution in [3.8, 4) is 0 Å². The molecule has 0 aliphatic heterocycles. The van der Waals surface area contributed by atoms with E-state index in [0.717, 1.165) is 29.6 Å². The molecule has 0 aromatic heterocycles. The molecule has 6 atom stereocenters. The predicted octanol–water partition coefficient (Wildman–Crippen LogP) is 7.59. The highest BCUT2D eigenvalue weighted by Gasteiger charge is 2.44. The van der Waals surface area contributed by atoms with E-state index in [1.165, 1.54) is 77.0 Å². The molecule has 3 aliphatic carbocycles. The first-order valence-electron chi connectivity index (χ1n) is 10.9. The molecule has 3 rings (SSSR count). The van der Waals surface area contributed by atoms with Gasteiger partial charge >= 0.3 is 0 Å². The SMILES string of the molecule is CCCCCCCCC1CCC2C(CCC3CC(Cl)CCC32)C1. The van der Waals surface area contributed by atoms with Crippen molar-refractivity contribution in [1.29, 1.82) is 0 Å². The van der Waals surface area contributed by atoms with E-state index >= 15 is 0 Å². The van der Waals surface area contributed by atoms with Gasteiger partial charge < -0.3 is 0 Å². The third-order valence-electron chi connectivity index (χ3n) is 7.55. The minimum atomic E-state index is 0.497. The molecule has 3 aliphatic rings. The minimum absolute atomic E-state index is 0.497. The molecule has 0 amide bonds. The maximum Gasteiger partial charge on any atom is 0.0338 e. The van der Waals surface area contributed by atoms with Crippen LogP contribution in [0.25, 0.3) is 0 Å². The quantitative estimate of drug-likeness (QED) is 0.331. The van der Waals surface area contributed by atoms with Gasteiger partial charge in [-0.3, -0.25) is 0 Å². The molecule has 0 aromatic rings. The zero-order valence-corrected chi connectivity index (χ0v) is 16.2. The Morgan fingerprint density at radius 1 is 0.696 bits per heavy atom. The summed E-state index contributed by atoms with van der Waals surface area (Å²) in [5, 5.41) is 0.497. The lowest BCUT2D eigenvalue weighted by Crippen LogP contribution is -2.41. The summed E-state index contributed by atoms with van der Waals surface area (Å²) in [4.78, 5) is 0. The topological polar surface area (TPSA) is 0 Å². The first kappa shape index (κ1) is 18.1. The highest BCUT2D eigenvalue weighted by atomic mass is 35.5. The standard InChI is InChI=1S/C22H39Cl/c1-2-3-4-5-6-7-8-17-9-13-21-18(15-17)10-11-19-16-20(23)12-14-22(19)21/h17-22H,2-16H2,1H3. The predicted molar refractivity (Wildman–Crippen MR) is 102 cm³/mol. The van der Waals surface area contributed by atoms with Crippen LogP contribution in [0, 0.1) is 29.6 Å². The van der Waals surface area contributed by atoms with Crippen molar-refractivity contribution < 1.29 is 0 Å². The monoisotopic (exact) mass is 338 g/mol. The van der Waals surface area contributed by atoms with E-state index in [1.807, 2.05) is 0 Å². The fraction of sp³-hybridized carbons (Fsp3) is 1.00. The van der Waals surface area contributed by atoms with Gasteiger partial charge in [0.05, 0.1) is 0 Å². The number of halogens is 1. The molecule has 0 saturated heterocycles. The Bertz CT molecular complexity index is 339. The van der Waals surface area contributed by atoms with Gasteiger partial charge in [-0.05, 0) is 74.5 Å². The number of hydrogen-bond acceptors (Lipinski definition) is 0. The van der Waals surface area contributed by atoms with Gasteiger partial charge in [0.1, 0.15) is 0 Å². The second kappa shape index (κ2) is 9.12. The highest BCUT2D eigenvalue weighted by molar-refractivity contribution is 6.20. The van der Waals surface area contributed by atoms with E-state index < -0.39 is 0 Å². The van der Waals surface area contributed by atoms with Crippen LogP contribution in [0.1, 0.15) is 103 Å². The average molecular weight is 339 g/mol. The molecule has 1 heteroatoms. The Balaban J connectivity index is 1.38. The van der Waals surface area contributed by atoms with Gasteiger partial charge in [-0.2, -0.15) is 0 Å². The molecule has 23 heavy (non-hydrogen) atoms. The summed E-state index contributed by atoms with van der Waals surface area (Å²) in [6.45, 7) is 2.31. The summed E-state index contributed by atoms with van der Waals surface area (Å²) in [5.41, 5.74) is 0. The molecule has 3 saturated carbocycles. The Morgan fingerprint density at radius 2 is 1.35 bits per heavy atom. The average Bonchev–Trinajstić information content (AvgIpc) is 2.57. The van der Waals surface area contributed by atoms with Crippen molar-refractivity contribution >= 4 is 11.6 Å². The molecule has 0 radical (unpaired) electrons. The van der Waals surface area contributed by atoms with Gasteiger partial charge in [0.25, 0.3) is 0 Å². The van der Waals surface area contributed by atoms with Crippen molar-refractivity contribution in [1.82, 2.24) is 0 Å². The van der Waals surface area contributed by atoms with Gasteiger partial charge in [-0.15, -0.1) is 11.6 Å². The Morgan fingerprint density at radius 3 is 2.13 bits per heavy atom. The van der Waals surface area contributed by atoms with Gasteiger partial charge in [-0.25, -0.2) is 0 Å². The van der Waals surface area contributed by atoms with E-state index in [0.29, 0.717) is 5.38 Å². The molecular formula is C22H39Cl. The zero-order valence-electron chi connectivity index (χ0n) is 15.4. The third-order valence-corrected chi connectivity index (χ3v) is 7.95. The number of alkyl halides is 1. The summed E-state index contributed by atoms with van der Waals surface area (Å²) in [6, 6.07) is 0. The van der Waals surface area contributed by atoms with Crippen molar-refractivity contribution in [3.05, 3.63) is 0 Å². The van der Waals surface area contributed by atoms with Crippen LogP contribution in [0.2, 0.25) is 0 Å². The largest absolute Gasteiger partial charge is 0.123 e. The van der Waals surface area contributed by atoms with Gasteiger partial charge in [0, 0.05) is 5.38 Å². The maximum atomic E-state index is 6.44. The molecule has 134 valence electrons. The highest BCUT2D eigenvalue weighted by Crippen LogP contribution is 2.53. The number of rotatable bonds is 7. The second-order valence-electron chi connectivity index (χ2n) is 9.07. The summed E-state index contributed by atoms with van der Waals surface area (Å²) in [7, 11) is 0. The normalized spacial score (nSPS) is 40.4. The summed E-state index contributed by atoms with van der Waals surface area (Å²) >= 11 is 6.44. The first-order chi connectivity index (χ1) is 11.3. The lowest BCUT2D eigenvalue weighted by molar-refractivity contribution is 0.0110. The minimum Gasteiger partial charge on any atom is -0.123 e. The molecular weight excluding hydrogens is 300 g/mol. The lowest BCUT2D eigenvalue weighted by Gasteiger charge is -2.50. The molecule has 0 aromatic carbocycles. The van der Waals surface area contributed by atoms with E-state index in [2.05, 4.69) is 6.92 Å². The van der Waals surface area contributed by atoms with Crippen LogP contribution in [0.4, 0.5) is 0 Å². The van der Waals surface area contributed by atoms with Crippen LogP contribution in [-0.4, -0.2) is 5.38 Å². The van der Waals surface area contributed by atoms with Gasteiger partial charge in [0.2, 0.25) is 0 Å². The van der Waals surface area contributed by atoms with Gasteiger partial charge in [0.15, 0.2) is 0 Å². The van der Waals surface area contributed by atoms with E-state index in [9.17, 15) is 0 Å². The van der Waals surface area contributed by atoms with Crippen LogP contribution in [-0.2, 0) is 0 Å². The van der Waals surface area contributed by atoms with Crippen LogP contribution in [0.5, 0.6) is 0 Å². The van der Waals surface area contributed by atoms with Crippen molar-refractivity contribution in [2.24, 2.45) is 29.6 Å². The number of fused-ring (bicyclic) bond motifs is 3. The third kappa shape index (κ3) is 4.90. The zero-order chi connectivity index (χ0) is 16.1. The van der Waals surface area contributed by atoms with Crippen molar-refractivity contribution in [2.75, 3.05) is 0 Å². The van der Waals surface area contributed by atoms with Crippen LogP contribution >= 0.6 is 11.6 Å². The van der Waals surface area contributed by atoms with Crippen molar-refractivity contribution in [3.63, 3.8) is 0 Å². The Labute approximate surface area is 150 Å². The molecule has 0 heterocycles. The molecule has 0 N–H and O–H groups in total.